The Morgan fingerprint density at radius 2 is 1.77 bits per heavy atom. The molecule has 26 heavy (non-hydrogen) atoms. The van der Waals surface area contributed by atoms with Crippen LogP contribution in [-0.2, 0) is 4.79 Å². The molecule has 3 aromatic rings. The average molecular weight is 350 g/mol. The summed E-state index contributed by atoms with van der Waals surface area (Å²) in [5, 5.41) is 6.77. The molecule has 1 heterocycles. The third kappa shape index (κ3) is 4.51. The van der Waals surface area contributed by atoms with E-state index in [0.717, 1.165) is 16.7 Å². The Morgan fingerprint density at radius 1 is 1.04 bits per heavy atom. The maximum absolute atomic E-state index is 12.1. The predicted molar refractivity (Wildman–Crippen MR) is 101 cm³/mol. The standard InChI is InChI=1S/C21H22N2O3/c1-15(19-14-17-10-5-6-11-18(17)26-19)23-20(24)12-7-13-22-21(25)16-8-3-2-4-9-16/h2-6,8-11,14-15H,7,12-13H2,1H3,(H,22,25)(H,23,24). The van der Waals surface area contributed by atoms with E-state index < -0.39 is 0 Å². The van der Waals surface area contributed by atoms with E-state index in [-0.39, 0.29) is 17.9 Å². The normalized spacial score (nSPS) is 11.9. The smallest absolute Gasteiger partial charge is 0.251 e. The van der Waals surface area contributed by atoms with Crippen molar-refractivity contribution in [2.45, 2.75) is 25.8 Å². The molecule has 3 rings (SSSR count). The molecule has 0 bridgehead atoms. The third-order valence-electron chi connectivity index (χ3n) is 4.15. The van der Waals surface area contributed by atoms with Gasteiger partial charge in [0.05, 0.1) is 6.04 Å². The number of nitrogens with one attached hydrogen (secondary N) is 2. The number of benzene rings is 2. The lowest BCUT2D eigenvalue weighted by atomic mass is 10.2. The van der Waals surface area contributed by atoms with Crippen LogP contribution in [0.5, 0.6) is 0 Å². The maximum Gasteiger partial charge on any atom is 0.251 e. The van der Waals surface area contributed by atoms with Crippen LogP contribution in [0.3, 0.4) is 0 Å². The van der Waals surface area contributed by atoms with Gasteiger partial charge in [0, 0.05) is 23.9 Å². The Balaban J connectivity index is 1.41. The van der Waals surface area contributed by atoms with Crippen molar-refractivity contribution in [3.8, 4) is 0 Å². The third-order valence-corrected chi connectivity index (χ3v) is 4.15. The number of furan rings is 1. The maximum atomic E-state index is 12.1. The highest BCUT2D eigenvalue weighted by atomic mass is 16.3. The Hall–Kier alpha value is -3.08. The first-order valence-electron chi connectivity index (χ1n) is 8.74. The van der Waals surface area contributed by atoms with E-state index >= 15 is 0 Å². The zero-order valence-electron chi connectivity index (χ0n) is 14.7. The van der Waals surface area contributed by atoms with Crippen molar-refractivity contribution in [1.82, 2.24) is 10.6 Å². The fourth-order valence-electron chi connectivity index (χ4n) is 2.74. The van der Waals surface area contributed by atoms with Crippen LogP contribution in [0.4, 0.5) is 0 Å². The summed E-state index contributed by atoms with van der Waals surface area (Å²) < 4.78 is 5.77. The Bertz CT molecular complexity index is 853. The van der Waals surface area contributed by atoms with Crippen LogP contribution in [-0.4, -0.2) is 18.4 Å². The summed E-state index contributed by atoms with van der Waals surface area (Å²) in [6.45, 7) is 2.35. The van der Waals surface area contributed by atoms with Crippen molar-refractivity contribution in [2.75, 3.05) is 6.54 Å². The van der Waals surface area contributed by atoms with Gasteiger partial charge >= 0.3 is 0 Å². The van der Waals surface area contributed by atoms with Gasteiger partial charge in [-0.15, -0.1) is 0 Å². The first-order valence-corrected chi connectivity index (χ1v) is 8.74. The largest absolute Gasteiger partial charge is 0.459 e. The number of fused-ring (bicyclic) bond motifs is 1. The second-order valence-electron chi connectivity index (χ2n) is 6.20. The van der Waals surface area contributed by atoms with Crippen LogP contribution < -0.4 is 10.6 Å². The van der Waals surface area contributed by atoms with E-state index in [4.69, 9.17) is 4.42 Å². The Morgan fingerprint density at radius 3 is 2.54 bits per heavy atom. The molecule has 0 saturated heterocycles. The molecule has 5 heteroatoms. The minimum absolute atomic E-state index is 0.0630. The second kappa shape index (κ2) is 8.34. The van der Waals surface area contributed by atoms with Gasteiger partial charge in [0.1, 0.15) is 11.3 Å². The lowest BCUT2D eigenvalue weighted by Gasteiger charge is -2.11. The molecule has 2 amide bonds. The number of para-hydroxylation sites is 1. The predicted octanol–water partition coefficient (Wildman–Crippen LogP) is 3.82. The Labute approximate surface area is 152 Å². The minimum atomic E-state index is -0.200. The Kier molecular flexibility index (Phi) is 5.69. The molecule has 0 spiro atoms. The molecule has 0 fully saturated rings. The number of hydrogen-bond donors (Lipinski definition) is 2. The lowest BCUT2D eigenvalue weighted by molar-refractivity contribution is -0.121. The molecule has 1 atom stereocenters. The van der Waals surface area contributed by atoms with Crippen molar-refractivity contribution >= 4 is 22.8 Å². The van der Waals surface area contributed by atoms with Gasteiger partial charge in [-0.2, -0.15) is 0 Å². The van der Waals surface area contributed by atoms with Gasteiger partial charge in [-0.3, -0.25) is 9.59 Å². The molecular formula is C21H22N2O3. The highest BCUT2D eigenvalue weighted by Gasteiger charge is 2.14. The summed E-state index contributed by atoms with van der Waals surface area (Å²) in [4.78, 5) is 24.0. The van der Waals surface area contributed by atoms with E-state index in [1.165, 1.54) is 0 Å². The van der Waals surface area contributed by atoms with Gasteiger partial charge in [0.25, 0.3) is 5.91 Å². The highest BCUT2D eigenvalue weighted by Crippen LogP contribution is 2.23. The molecule has 2 aromatic carbocycles. The van der Waals surface area contributed by atoms with Crippen LogP contribution >= 0.6 is 0 Å². The van der Waals surface area contributed by atoms with Crippen molar-refractivity contribution in [3.05, 3.63) is 72.0 Å². The lowest BCUT2D eigenvalue weighted by Crippen LogP contribution is -2.28. The van der Waals surface area contributed by atoms with E-state index in [9.17, 15) is 9.59 Å². The highest BCUT2D eigenvalue weighted by molar-refractivity contribution is 5.94. The van der Waals surface area contributed by atoms with Gasteiger partial charge in [0.2, 0.25) is 5.91 Å². The molecule has 0 aliphatic rings. The van der Waals surface area contributed by atoms with Gasteiger partial charge < -0.3 is 15.1 Å². The van der Waals surface area contributed by atoms with Gasteiger partial charge in [-0.25, -0.2) is 0 Å². The molecule has 0 aliphatic heterocycles. The van der Waals surface area contributed by atoms with Crippen molar-refractivity contribution in [3.63, 3.8) is 0 Å². The van der Waals surface area contributed by atoms with Crippen molar-refractivity contribution < 1.29 is 14.0 Å². The topological polar surface area (TPSA) is 71.3 Å². The zero-order chi connectivity index (χ0) is 18.4. The van der Waals surface area contributed by atoms with Gasteiger partial charge in [-0.05, 0) is 37.6 Å². The van der Waals surface area contributed by atoms with Crippen molar-refractivity contribution in [2.24, 2.45) is 0 Å². The number of carbonyl (C=O) groups excluding carboxylic acids is 2. The molecular weight excluding hydrogens is 328 g/mol. The minimum Gasteiger partial charge on any atom is -0.459 e. The summed E-state index contributed by atoms with van der Waals surface area (Å²) in [7, 11) is 0. The average Bonchev–Trinajstić information content (AvgIpc) is 3.10. The molecule has 1 aromatic heterocycles. The molecule has 5 nitrogen and oxygen atoms in total. The summed E-state index contributed by atoms with van der Waals surface area (Å²) in [5.74, 6) is 0.547. The van der Waals surface area contributed by atoms with Crippen LogP contribution in [0, 0.1) is 0 Å². The van der Waals surface area contributed by atoms with Crippen molar-refractivity contribution in [1.29, 1.82) is 0 Å². The number of rotatable bonds is 7. The SMILES string of the molecule is CC(NC(=O)CCCNC(=O)c1ccccc1)c1cc2ccccc2o1. The van der Waals surface area contributed by atoms with Crippen LogP contribution in [0.2, 0.25) is 0 Å². The molecule has 1 unspecified atom stereocenters. The van der Waals surface area contributed by atoms with Crippen LogP contribution in [0.1, 0.15) is 41.9 Å². The molecule has 0 aliphatic carbocycles. The number of carbonyl (C=O) groups is 2. The fourth-order valence-corrected chi connectivity index (χ4v) is 2.74. The molecule has 0 radical (unpaired) electrons. The first-order chi connectivity index (χ1) is 12.6. The fraction of sp³-hybridized carbons (Fsp3) is 0.238. The number of hydrogen-bond acceptors (Lipinski definition) is 3. The molecule has 0 saturated carbocycles. The van der Waals surface area contributed by atoms with Crippen LogP contribution in [0.25, 0.3) is 11.0 Å². The second-order valence-corrected chi connectivity index (χ2v) is 6.20. The molecule has 134 valence electrons. The summed E-state index contributed by atoms with van der Waals surface area (Å²) in [6.07, 6.45) is 0.927. The number of amides is 2. The quantitative estimate of drug-likeness (QED) is 0.636. The van der Waals surface area contributed by atoms with Gasteiger partial charge in [0.15, 0.2) is 0 Å². The van der Waals surface area contributed by atoms with E-state index in [0.29, 0.717) is 24.9 Å². The zero-order valence-corrected chi connectivity index (χ0v) is 14.7. The summed E-state index contributed by atoms with van der Waals surface area (Å²) in [5.41, 5.74) is 1.43. The monoisotopic (exact) mass is 350 g/mol. The van der Waals surface area contributed by atoms with E-state index in [2.05, 4.69) is 10.6 Å². The van der Waals surface area contributed by atoms with E-state index in [1.54, 1.807) is 12.1 Å². The summed E-state index contributed by atoms with van der Waals surface area (Å²) >= 11 is 0. The van der Waals surface area contributed by atoms with Crippen LogP contribution in [0.15, 0.2) is 65.1 Å². The van der Waals surface area contributed by atoms with E-state index in [1.807, 2.05) is 55.5 Å². The molecule has 2 N–H and O–H groups in total. The van der Waals surface area contributed by atoms with Gasteiger partial charge in [-0.1, -0.05) is 36.4 Å². The summed E-state index contributed by atoms with van der Waals surface area (Å²) in [6, 6.07) is 18.5. The first kappa shape index (κ1) is 17.7.